The lowest BCUT2D eigenvalue weighted by Gasteiger charge is -2.32. The van der Waals surface area contributed by atoms with E-state index in [1.807, 2.05) is 6.07 Å². The number of hydrogen-bond donors (Lipinski definition) is 1. The minimum absolute atomic E-state index is 0. The molecule has 6 nitrogen and oxygen atoms in total. The van der Waals surface area contributed by atoms with Crippen LogP contribution >= 0.6 is 12.4 Å². The van der Waals surface area contributed by atoms with Crippen LogP contribution < -0.4 is 10.1 Å². The van der Waals surface area contributed by atoms with Crippen LogP contribution in [0.5, 0.6) is 5.75 Å². The largest absolute Gasteiger partial charge is 0.497 e. The van der Waals surface area contributed by atoms with Crippen LogP contribution in [0.3, 0.4) is 0 Å². The number of ether oxygens (including phenoxy) is 3. The highest BCUT2D eigenvalue weighted by atomic mass is 35.5. The van der Waals surface area contributed by atoms with E-state index in [0.717, 1.165) is 38.0 Å². The van der Waals surface area contributed by atoms with Gasteiger partial charge in [0.25, 0.3) is 0 Å². The summed E-state index contributed by atoms with van der Waals surface area (Å²) in [6.07, 6.45) is 3.67. The predicted molar refractivity (Wildman–Crippen MR) is 149 cm³/mol. The van der Waals surface area contributed by atoms with Crippen LogP contribution in [0.4, 0.5) is 0 Å². The molecule has 1 N–H and O–H groups in total. The number of likely N-dealkylation sites (N-methyl/N-ethyl adjacent to an activating group) is 1. The number of fused-ring (bicyclic) bond motifs is 2. The number of nitrogens with one attached hydrogen (secondary N) is 1. The third-order valence-electron chi connectivity index (χ3n) is 7.58. The van der Waals surface area contributed by atoms with Crippen LogP contribution in [0.1, 0.15) is 47.9 Å². The van der Waals surface area contributed by atoms with E-state index in [1.54, 1.807) is 14.2 Å². The zero-order valence-electron chi connectivity index (χ0n) is 21.7. The highest BCUT2D eigenvalue weighted by molar-refractivity contribution is 5.87. The molecule has 2 aliphatic rings. The van der Waals surface area contributed by atoms with Crippen LogP contribution in [0.2, 0.25) is 0 Å². The summed E-state index contributed by atoms with van der Waals surface area (Å²) in [4.78, 5) is 14.6. The summed E-state index contributed by atoms with van der Waals surface area (Å²) in [6.45, 7) is 2.54. The number of hydrogen-bond acceptors (Lipinski definition) is 5. The number of amides is 1. The van der Waals surface area contributed by atoms with Crippen molar-refractivity contribution in [2.45, 2.75) is 43.9 Å². The number of rotatable bonds is 9. The molecule has 1 unspecified atom stereocenters. The van der Waals surface area contributed by atoms with Crippen LogP contribution in [0.15, 0.2) is 60.7 Å². The van der Waals surface area contributed by atoms with Gasteiger partial charge in [-0.2, -0.15) is 0 Å². The normalized spacial score (nSPS) is 20.9. The molecule has 3 aromatic rings. The number of carbonyl (C=O) groups is 1. The van der Waals surface area contributed by atoms with E-state index >= 15 is 0 Å². The molecule has 1 heterocycles. The van der Waals surface area contributed by atoms with Gasteiger partial charge in [0, 0.05) is 19.0 Å². The Bertz CT molecular complexity index is 1200. The first-order valence-electron chi connectivity index (χ1n) is 13.0. The van der Waals surface area contributed by atoms with Crippen LogP contribution in [0, 0.1) is 0 Å². The topological polar surface area (TPSA) is 60.0 Å². The second-order valence-electron chi connectivity index (χ2n) is 9.77. The number of benzene rings is 3. The Kier molecular flexibility index (Phi) is 9.43. The van der Waals surface area contributed by atoms with Gasteiger partial charge in [-0.1, -0.05) is 48.5 Å². The molecule has 198 valence electrons. The van der Waals surface area contributed by atoms with E-state index in [0.29, 0.717) is 25.8 Å². The van der Waals surface area contributed by atoms with Crippen LogP contribution in [-0.4, -0.2) is 57.6 Å². The number of halogens is 1. The first-order valence-corrected chi connectivity index (χ1v) is 13.0. The Morgan fingerprint density at radius 1 is 1.05 bits per heavy atom. The molecule has 1 aliphatic carbocycles. The number of carbonyl (C=O) groups excluding carboxylic acids is 1. The van der Waals surface area contributed by atoms with Gasteiger partial charge in [0.1, 0.15) is 5.75 Å². The number of nitrogens with zero attached hydrogens (tertiary/aromatic N) is 1. The van der Waals surface area contributed by atoms with Gasteiger partial charge in [-0.25, -0.2) is 0 Å². The van der Waals surface area contributed by atoms with Crippen molar-refractivity contribution < 1.29 is 19.0 Å². The minimum atomic E-state index is -0.200. The van der Waals surface area contributed by atoms with E-state index in [4.69, 9.17) is 14.2 Å². The molecule has 1 amide bonds. The number of methoxy groups -OCH3 is 1. The van der Waals surface area contributed by atoms with Crippen molar-refractivity contribution in [3.05, 3.63) is 77.4 Å². The van der Waals surface area contributed by atoms with E-state index in [1.165, 1.54) is 27.5 Å². The molecule has 1 saturated heterocycles. The molecule has 1 aliphatic heterocycles. The van der Waals surface area contributed by atoms with Gasteiger partial charge in [-0.15, -0.1) is 12.4 Å². The molecule has 1 fully saturated rings. The number of aryl methyl sites for hydroxylation is 1. The van der Waals surface area contributed by atoms with E-state index < -0.39 is 0 Å². The van der Waals surface area contributed by atoms with E-state index in [9.17, 15) is 4.79 Å². The zero-order chi connectivity index (χ0) is 24.9. The highest BCUT2D eigenvalue weighted by Crippen LogP contribution is 2.36. The first-order chi connectivity index (χ1) is 17.7. The lowest BCUT2D eigenvalue weighted by atomic mass is 9.94. The van der Waals surface area contributed by atoms with Crippen molar-refractivity contribution in [2.75, 3.05) is 40.5 Å². The molecule has 5 rings (SSSR count). The summed E-state index contributed by atoms with van der Waals surface area (Å²) in [6, 6.07) is 21.5. The highest BCUT2D eigenvalue weighted by Gasteiger charge is 2.29. The lowest BCUT2D eigenvalue weighted by Crippen LogP contribution is -2.38. The van der Waals surface area contributed by atoms with Crippen LogP contribution in [-0.2, 0) is 20.7 Å². The zero-order valence-corrected chi connectivity index (χ0v) is 22.5. The quantitative estimate of drug-likeness (QED) is 0.414. The lowest BCUT2D eigenvalue weighted by molar-refractivity contribution is -0.190. The van der Waals surface area contributed by atoms with Crippen molar-refractivity contribution >= 4 is 29.1 Å². The van der Waals surface area contributed by atoms with Gasteiger partial charge in [-0.05, 0) is 71.8 Å². The van der Waals surface area contributed by atoms with Crippen molar-refractivity contribution in [3.8, 4) is 5.75 Å². The van der Waals surface area contributed by atoms with Gasteiger partial charge in [-0.3, -0.25) is 9.69 Å². The summed E-state index contributed by atoms with van der Waals surface area (Å²) in [5.41, 5.74) is 4.02. The third kappa shape index (κ3) is 6.27. The maximum absolute atomic E-state index is 12.2. The van der Waals surface area contributed by atoms with Gasteiger partial charge >= 0.3 is 0 Å². The smallest absolute Gasteiger partial charge is 0.233 e. The molecular weight excluding hydrogens is 488 g/mol. The van der Waals surface area contributed by atoms with Crippen molar-refractivity contribution in [2.24, 2.45) is 0 Å². The SMILES string of the molecule is CNC(=O)CN(CCCC1OCC(c2cccc3cc(OC)ccc23)CO1)C1CCc2ccccc21.Cl. The molecule has 7 heteroatoms. The Hall–Kier alpha value is -2.64. The van der Waals surface area contributed by atoms with E-state index in [-0.39, 0.29) is 30.5 Å². The Balaban J connectivity index is 0.00000320. The molecule has 0 aromatic heterocycles. The average Bonchev–Trinajstić information content (AvgIpc) is 3.36. The molecule has 1 atom stereocenters. The Morgan fingerprint density at radius 2 is 1.84 bits per heavy atom. The van der Waals surface area contributed by atoms with Gasteiger partial charge in [0.2, 0.25) is 5.91 Å². The Morgan fingerprint density at radius 3 is 2.62 bits per heavy atom. The summed E-state index contributed by atoms with van der Waals surface area (Å²) >= 11 is 0. The Labute approximate surface area is 225 Å². The molecule has 3 aromatic carbocycles. The van der Waals surface area contributed by atoms with Crippen LogP contribution in [0.25, 0.3) is 10.8 Å². The fraction of sp³-hybridized carbons (Fsp3) is 0.433. The molecule has 0 spiro atoms. The summed E-state index contributed by atoms with van der Waals surface area (Å²) < 4.78 is 17.7. The minimum Gasteiger partial charge on any atom is -0.497 e. The molecule has 0 bridgehead atoms. The fourth-order valence-corrected chi connectivity index (χ4v) is 5.64. The summed E-state index contributed by atoms with van der Waals surface area (Å²) in [5.74, 6) is 1.13. The summed E-state index contributed by atoms with van der Waals surface area (Å²) in [5, 5.41) is 5.17. The molecule has 37 heavy (non-hydrogen) atoms. The van der Waals surface area contributed by atoms with Gasteiger partial charge < -0.3 is 19.5 Å². The van der Waals surface area contributed by atoms with Crippen molar-refractivity contribution in [1.29, 1.82) is 0 Å². The average molecular weight is 525 g/mol. The molecule has 0 radical (unpaired) electrons. The van der Waals surface area contributed by atoms with Gasteiger partial charge in [0.15, 0.2) is 6.29 Å². The van der Waals surface area contributed by atoms with E-state index in [2.05, 4.69) is 64.8 Å². The van der Waals surface area contributed by atoms with Crippen molar-refractivity contribution in [3.63, 3.8) is 0 Å². The predicted octanol–water partition coefficient (Wildman–Crippen LogP) is 5.24. The monoisotopic (exact) mass is 524 g/mol. The maximum Gasteiger partial charge on any atom is 0.233 e. The van der Waals surface area contributed by atoms with Crippen molar-refractivity contribution in [1.82, 2.24) is 10.2 Å². The third-order valence-corrected chi connectivity index (χ3v) is 7.58. The second kappa shape index (κ2) is 12.7. The fourth-order valence-electron chi connectivity index (χ4n) is 5.64. The molecule has 0 saturated carbocycles. The second-order valence-corrected chi connectivity index (χ2v) is 9.77. The maximum atomic E-state index is 12.2. The summed E-state index contributed by atoms with van der Waals surface area (Å²) in [7, 11) is 3.40. The standard InChI is InChI=1S/C30H36N2O4.ClH/c1-31-29(33)18-32(28-15-12-21-7-3-4-9-27(21)28)16-6-11-30-35-19-23(20-36-30)25-10-5-8-22-17-24(34-2)13-14-26(22)25;/h3-5,7-10,13-14,17,23,28,30H,6,11-12,15-16,18-20H2,1-2H3,(H,31,33);1H. The first kappa shape index (κ1) is 27.4. The van der Waals surface area contributed by atoms with Gasteiger partial charge in [0.05, 0.1) is 26.9 Å². The molecular formula is C30H37ClN2O4.